The lowest BCUT2D eigenvalue weighted by atomic mass is 10.0. The highest BCUT2D eigenvalue weighted by atomic mass is 35.5. The summed E-state index contributed by atoms with van der Waals surface area (Å²) in [7, 11) is 1.31. The second kappa shape index (κ2) is 7.82. The molecule has 1 aliphatic rings. The van der Waals surface area contributed by atoms with Crippen LogP contribution in [0.1, 0.15) is 32.6 Å². The summed E-state index contributed by atoms with van der Waals surface area (Å²) < 4.78 is 15.5. The van der Waals surface area contributed by atoms with E-state index in [1.807, 2.05) is 0 Å². The smallest absolute Gasteiger partial charge is 0.366 e. The van der Waals surface area contributed by atoms with E-state index in [0.29, 0.717) is 19.6 Å². The van der Waals surface area contributed by atoms with Crippen molar-refractivity contribution in [2.45, 2.75) is 38.4 Å². The van der Waals surface area contributed by atoms with Crippen LogP contribution < -0.4 is 0 Å². The molecule has 1 fully saturated rings. The Kier molecular flexibility index (Phi) is 6.75. The maximum Gasteiger partial charge on any atom is 0.366 e. The summed E-state index contributed by atoms with van der Waals surface area (Å²) in [6.45, 7) is 2.50. The van der Waals surface area contributed by atoms with Gasteiger partial charge in [0.2, 0.25) is 0 Å². The molecular formula is C13H21ClO5. The predicted octanol–water partition coefficient (Wildman–Crippen LogP) is 1.91. The zero-order chi connectivity index (χ0) is 14.3. The number of Topliss-reactive ketones (excluding diaryl/α,β-unsaturated/α-hetero) is 1. The molecule has 110 valence electrons. The number of unbranched alkanes of at least 4 members (excludes halogenated alkanes) is 1. The van der Waals surface area contributed by atoms with Crippen molar-refractivity contribution in [3.05, 3.63) is 0 Å². The number of esters is 1. The third kappa shape index (κ3) is 5.09. The van der Waals surface area contributed by atoms with Crippen molar-refractivity contribution in [3.63, 3.8) is 0 Å². The maximum atomic E-state index is 11.4. The highest BCUT2D eigenvalue weighted by molar-refractivity contribution is 6.27. The minimum atomic E-state index is -1.28. The van der Waals surface area contributed by atoms with Gasteiger partial charge in [0.25, 0.3) is 5.79 Å². The molecule has 0 saturated carbocycles. The highest BCUT2D eigenvalue weighted by Crippen LogP contribution is 2.25. The molecule has 1 saturated heterocycles. The lowest BCUT2D eigenvalue weighted by molar-refractivity contribution is -0.272. The van der Waals surface area contributed by atoms with E-state index in [4.69, 9.17) is 21.1 Å². The second-order valence-corrected chi connectivity index (χ2v) is 5.11. The van der Waals surface area contributed by atoms with E-state index in [1.54, 1.807) is 6.92 Å². The molecule has 0 spiro atoms. The summed E-state index contributed by atoms with van der Waals surface area (Å²) >= 11 is 5.42. The number of rotatable bonds is 7. The first-order valence-corrected chi connectivity index (χ1v) is 6.99. The molecular weight excluding hydrogens is 272 g/mol. The molecule has 1 heterocycles. The normalized spacial score (nSPS) is 27.0. The van der Waals surface area contributed by atoms with Gasteiger partial charge in [-0.25, -0.2) is 4.79 Å². The molecule has 0 N–H and O–H groups in total. The van der Waals surface area contributed by atoms with Crippen LogP contribution in [0, 0.1) is 5.92 Å². The summed E-state index contributed by atoms with van der Waals surface area (Å²) in [6.07, 6.45) is 3.19. The fourth-order valence-electron chi connectivity index (χ4n) is 1.94. The quantitative estimate of drug-likeness (QED) is 0.407. The minimum absolute atomic E-state index is 0.0797. The third-order valence-electron chi connectivity index (χ3n) is 3.21. The molecule has 0 amide bonds. The van der Waals surface area contributed by atoms with Crippen LogP contribution in [0.4, 0.5) is 0 Å². The van der Waals surface area contributed by atoms with Crippen molar-refractivity contribution < 1.29 is 23.8 Å². The molecule has 0 aliphatic carbocycles. The van der Waals surface area contributed by atoms with Crippen LogP contribution in [0.3, 0.4) is 0 Å². The Morgan fingerprint density at radius 3 is 2.47 bits per heavy atom. The average Bonchev–Trinajstić information content (AvgIpc) is 2.44. The van der Waals surface area contributed by atoms with E-state index >= 15 is 0 Å². The summed E-state index contributed by atoms with van der Waals surface area (Å²) in [6, 6.07) is 0. The molecule has 6 heteroatoms. The first kappa shape index (κ1) is 16.4. The zero-order valence-electron chi connectivity index (χ0n) is 11.4. The number of alkyl halides is 1. The van der Waals surface area contributed by atoms with Gasteiger partial charge in [0.1, 0.15) is 5.78 Å². The fourth-order valence-corrected chi connectivity index (χ4v) is 2.07. The van der Waals surface area contributed by atoms with Crippen molar-refractivity contribution in [1.29, 1.82) is 0 Å². The van der Waals surface area contributed by atoms with E-state index in [2.05, 4.69) is 4.74 Å². The Labute approximate surface area is 118 Å². The topological polar surface area (TPSA) is 61.8 Å². The summed E-state index contributed by atoms with van der Waals surface area (Å²) in [5, 5.41) is 0. The number of carbonyl (C=O) groups excluding carboxylic acids is 2. The van der Waals surface area contributed by atoms with Crippen molar-refractivity contribution in [1.82, 2.24) is 0 Å². The number of carbonyl (C=O) groups is 2. The van der Waals surface area contributed by atoms with E-state index in [1.165, 1.54) is 7.11 Å². The number of ether oxygens (including phenoxy) is 3. The lowest BCUT2D eigenvalue weighted by Gasteiger charge is -2.35. The molecule has 0 unspecified atom stereocenters. The first-order valence-electron chi connectivity index (χ1n) is 6.46. The standard InChI is InChI=1S/C13H21ClO5/c1-13(12(16)17-2)18-8-10(9-19-13)5-3-4-6-11(15)7-14/h10H,3-9H2,1-2H3. The molecule has 0 atom stereocenters. The van der Waals surface area contributed by atoms with Gasteiger partial charge >= 0.3 is 5.97 Å². The highest BCUT2D eigenvalue weighted by Gasteiger charge is 2.41. The molecule has 1 rings (SSSR count). The molecule has 5 nitrogen and oxygen atoms in total. The van der Waals surface area contributed by atoms with E-state index in [9.17, 15) is 9.59 Å². The van der Waals surface area contributed by atoms with Gasteiger partial charge in [-0.2, -0.15) is 0 Å². The maximum absolute atomic E-state index is 11.4. The Morgan fingerprint density at radius 1 is 1.32 bits per heavy atom. The van der Waals surface area contributed by atoms with Crippen LogP contribution in [-0.4, -0.2) is 43.7 Å². The second-order valence-electron chi connectivity index (χ2n) is 4.84. The van der Waals surface area contributed by atoms with E-state index in [0.717, 1.165) is 19.3 Å². The summed E-state index contributed by atoms with van der Waals surface area (Å²) in [5.41, 5.74) is 0. The van der Waals surface area contributed by atoms with Gasteiger partial charge in [-0.05, 0) is 12.8 Å². The molecule has 0 aromatic carbocycles. The largest absolute Gasteiger partial charge is 0.465 e. The number of hydrogen-bond acceptors (Lipinski definition) is 5. The van der Waals surface area contributed by atoms with Gasteiger partial charge in [-0.1, -0.05) is 6.42 Å². The SMILES string of the molecule is COC(=O)C1(C)OCC(CCCCC(=O)CCl)CO1. The van der Waals surface area contributed by atoms with Crippen LogP contribution in [0.15, 0.2) is 0 Å². The van der Waals surface area contributed by atoms with Crippen molar-refractivity contribution >= 4 is 23.4 Å². The number of methoxy groups -OCH3 is 1. The van der Waals surface area contributed by atoms with Gasteiger partial charge in [-0.3, -0.25) is 4.79 Å². The summed E-state index contributed by atoms with van der Waals surface area (Å²) in [5.74, 6) is -1.37. The van der Waals surface area contributed by atoms with Gasteiger partial charge < -0.3 is 14.2 Å². The number of halogens is 1. The third-order valence-corrected chi connectivity index (χ3v) is 3.51. The molecule has 0 radical (unpaired) electrons. The van der Waals surface area contributed by atoms with Crippen molar-refractivity contribution in [3.8, 4) is 0 Å². The fraction of sp³-hybridized carbons (Fsp3) is 0.846. The molecule has 19 heavy (non-hydrogen) atoms. The molecule has 0 bridgehead atoms. The monoisotopic (exact) mass is 292 g/mol. The summed E-state index contributed by atoms with van der Waals surface area (Å²) in [4.78, 5) is 22.5. The zero-order valence-corrected chi connectivity index (χ0v) is 12.2. The van der Waals surface area contributed by atoms with Gasteiger partial charge in [0.15, 0.2) is 0 Å². The van der Waals surface area contributed by atoms with Gasteiger partial charge in [0.05, 0.1) is 26.2 Å². The predicted molar refractivity (Wildman–Crippen MR) is 70.0 cm³/mol. The van der Waals surface area contributed by atoms with Crippen LogP contribution in [0.5, 0.6) is 0 Å². The van der Waals surface area contributed by atoms with E-state index in [-0.39, 0.29) is 17.6 Å². The molecule has 0 aromatic heterocycles. The van der Waals surface area contributed by atoms with Crippen molar-refractivity contribution in [2.75, 3.05) is 26.2 Å². The Morgan fingerprint density at radius 2 is 1.95 bits per heavy atom. The van der Waals surface area contributed by atoms with Crippen LogP contribution >= 0.6 is 11.6 Å². The van der Waals surface area contributed by atoms with Crippen LogP contribution in [0.25, 0.3) is 0 Å². The molecule has 0 aromatic rings. The van der Waals surface area contributed by atoms with Gasteiger partial charge in [0, 0.05) is 19.3 Å². The van der Waals surface area contributed by atoms with E-state index < -0.39 is 11.8 Å². The number of ketones is 1. The van der Waals surface area contributed by atoms with Crippen molar-refractivity contribution in [2.24, 2.45) is 5.92 Å². The van der Waals surface area contributed by atoms with Gasteiger partial charge in [-0.15, -0.1) is 11.6 Å². The Hall–Kier alpha value is -0.650. The Bertz CT molecular complexity index is 310. The molecule has 1 aliphatic heterocycles. The number of hydrogen-bond donors (Lipinski definition) is 0. The van der Waals surface area contributed by atoms with Crippen LogP contribution in [-0.2, 0) is 23.8 Å². The average molecular weight is 293 g/mol. The minimum Gasteiger partial charge on any atom is -0.465 e. The lowest BCUT2D eigenvalue weighted by Crippen LogP contribution is -2.48. The Balaban J connectivity index is 2.20. The first-order chi connectivity index (χ1) is 9.01. The van der Waals surface area contributed by atoms with Crippen LogP contribution in [0.2, 0.25) is 0 Å².